The molecule has 2 fully saturated rings. The van der Waals surface area contributed by atoms with Crippen LogP contribution in [0.1, 0.15) is 31.7 Å². The van der Waals surface area contributed by atoms with Gasteiger partial charge in [0.1, 0.15) is 10.7 Å². The van der Waals surface area contributed by atoms with Crippen molar-refractivity contribution in [3.05, 3.63) is 52.3 Å². The van der Waals surface area contributed by atoms with E-state index in [1.165, 1.54) is 10.4 Å². The molecule has 0 spiro atoms. The first-order valence-electron chi connectivity index (χ1n) is 13.1. The lowest BCUT2D eigenvalue weighted by molar-refractivity contribution is -0.137. The molecule has 0 radical (unpaired) electrons. The lowest BCUT2D eigenvalue weighted by Crippen LogP contribution is -2.53. The first-order chi connectivity index (χ1) is 18.2. The van der Waals surface area contributed by atoms with Gasteiger partial charge in [0.25, 0.3) is 0 Å². The van der Waals surface area contributed by atoms with Gasteiger partial charge in [0.15, 0.2) is 0 Å². The van der Waals surface area contributed by atoms with Crippen LogP contribution in [-0.4, -0.2) is 75.3 Å². The van der Waals surface area contributed by atoms with Crippen LogP contribution in [0.4, 0.5) is 15.8 Å². The SMILES string of the molecule is CCC(=O)N1CCc2cc(Br)cc(S(=O)(=O)N3CCC[C@H](C(=O)N4CCN(c5ccccc5F)CC4)C3)c21. The van der Waals surface area contributed by atoms with Crippen LogP contribution in [0, 0.1) is 11.7 Å². The van der Waals surface area contributed by atoms with Gasteiger partial charge in [0.05, 0.1) is 17.3 Å². The van der Waals surface area contributed by atoms with Crippen LogP contribution in [-0.2, 0) is 26.0 Å². The van der Waals surface area contributed by atoms with Crippen molar-refractivity contribution in [1.82, 2.24) is 9.21 Å². The van der Waals surface area contributed by atoms with Gasteiger partial charge >= 0.3 is 0 Å². The first-order valence-corrected chi connectivity index (χ1v) is 15.3. The summed E-state index contributed by atoms with van der Waals surface area (Å²) in [5.41, 5.74) is 1.83. The van der Waals surface area contributed by atoms with E-state index in [0.717, 1.165) is 5.56 Å². The molecule has 0 aromatic heterocycles. The van der Waals surface area contributed by atoms with Gasteiger partial charge in [0.2, 0.25) is 21.8 Å². The molecule has 2 saturated heterocycles. The maximum absolute atomic E-state index is 14.2. The van der Waals surface area contributed by atoms with Crippen molar-refractivity contribution in [2.24, 2.45) is 5.92 Å². The number of hydrogen-bond acceptors (Lipinski definition) is 5. The average molecular weight is 608 g/mol. The first kappa shape index (κ1) is 27.1. The Hall–Kier alpha value is -2.50. The third-order valence-corrected chi connectivity index (χ3v) is 10.1. The second-order valence-electron chi connectivity index (χ2n) is 10.0. The van der Waals surface area contributed by atoms with Gasteiger partial charge in [-0.25, -0.2) is 12.8 Å². The number of anilines is 2. The summed E-state index contributed by atoms with van der Waals surface area (Å²) in [6.07, 6.45) is 2.09. The van der Waals surface area contributed by atoms with Crippen LogP contribution in [0.25, 0.3) is 0 Å². The number of piperazine rings is 1. The number of para-hydroxylation sites is 1. The Labute approximate surface area is 231 Å². The lowest BCUT2D eigenvalue weighted by Gasteiger charge is -2.39. The van der Waals surface area contributed by atoms with Crippen molar-refractivity contribution >= 4 is 49.1 Å². The number of sulfonamides is 1. The number of carbonyl (C=O) groups excluding carboxylic acids is 2. The summed E-state index contributed by atoms with van der Waals surface area (Å²) >= 11 is 3.44. The fourth-order valence-electron chi connectivity index (χ4n) is 5.74. The Morgan fingerprint density at radius 3 is 2.50 bits per heavy atom. The second kappa shape index (κ2) is 10.9. The van der Waals surface area contributed by atoms with E-state index in [0.29, 0.717) is 80.8 Å². The summed E-state index contributed by atoms with van der Waals surface area (Å²) in [4.78, 5) is 31.5. The summed E-state index contributed by atoms with van der Waals surface area (Å²) in [5.74, 6) is -0.880. The molecule has 1 atom stereocenters. The van der Waals surface area contributed by atoms with E-state index in [4.69, 9.17) is 0 Å². The number of hydrogen-bond donors (Lipinski definition) is 0. The third kappa shape index (κ3) is 5.08. The van der Waals surface area contributed by atoms with Gasteiger partial charge in [-0.05, 0) is 49.1 Å². The fourth-order valence-corrected chi connectivity index (χ4v) is 8.18. The maximum Gasteiger partial charge on any atom is 0.245 e. The Bertz CT molecular complexity index is 1350. The molecule has 8 nitrogen and oxygen atoms in total. The average Bonchev–Trinajstić information content (AvgIpc) is 3.36. The Morgan fingerprint density at radius 2 is 1.79 bits per heavy atom. The topological polar surface area (TPSA) is 81.2 Å². The Balaban J connectivity index is 1.31. The maximum atomic E-state index is 14.2. The van der Waals surface area contributed by atoms with E-state index < -0.39 is 15.9 Å². The van der Waals surface area contributed by atoms with Crippen LogP contribution < -0.4 is 9.80 Å². The van der Waals surface area contributed by atoms with Crippen LogP contribution >= 0.6 is 15.9 Å². The van der Waals surface area contributed by atoms with Gasteiger partial charge in [-0.1, -0.05) is 35.0 Å². The highest BCUT2D eigenvalue weighted by Crippen LogP contribution is 2.40. The van der Waals surface area contributed by atoms with Gasteiger partial charge in [-0.3, -0.25) is 9.59 Å². The molecule has 11 heteroatoms. The third-order valence-electron chi connectivity index (χ3n) is 7.73. The smallest absolute Gasteiger partial charge is 0.245 e. The number of fused-ring (bicyclic) bond motifs is 1. The number of piperidine rings is 1. The van der Waals surface area contributed by atoms with Crippen LogP contribution in [0.3, 0.4) is 0 Å². The van der Waals surface area contributed by atoms with Crippen LogP contribution in [0.2, 0.25) is 0 Å². The zero-order valence-corrected chi connectivity index (χ0v) is 23.8. The molecule has 204 valence electrons. The number of carbonyl (C=O) groups is 2. The number of amides is 2. The van der Waals surface area contributed by atoms with Gasteiger partial charge in [-0.15, -0.1) is 0 Å². The minimum Gasteiger partial charge on any atom is -0.366 e. The second-order valence-corrected chi connectivity index (χ2v) is 12.8. The highest BCUT2D eigenvalue weighted by molar-refractivity contribution is 9.10. The highest BCUT2D eigenvalue weighted by atomic mass is 79.9. The fraction of sp³-hybridized carbons (Fsp3) is 0.481. The molecule has 2 aromatic rings. The Morgan fingerprint density at radius 1 is 1.05 bits per heavy atom. The monoisotopic (exact) mass is 606 g/mol. The van der Waals surface area contributed by atoms with Crippen molar-refractivity contribution in [2.75, 3.05) is 55.6 Å². The van der Waals surface area contributed by atoms with Crippen LogP contribution in [0.5, 0.6) is 0 Å². The summed E-state index contributed by atoms with van der Waals surface area (Å²) in [5, 5.41) is 0. The number of benzene rings is 2. The van der Waals surface area contributed by atoms with E-state index >= 15 is 0 Å². The molecule has 3 heterocycles. The molecule has 0 saturated carbocycles. The predicted molar refractivity (Wildman–Crippen MR) is 147 cm³/mol. The normalized spacial score (nSPS) is 20.5. The molecule has 0 N–H and O–H groups in total. The molecule has 0 aliphatic carbocycles. The molecule has 2 amide bonds. The summed E-state index contributed by atoms with van der Waals surface area (Å²) in [7, 11) is -3.94. The van der Waals surface area contributed by atoms with Crippen molar-refractivity contribution in [1.29, 1.82) is 0 Å². The molecule has 0 bridgehead atoms. The van der Waals surface area contributed by atoms with E-state index in [1.54, 1.807) is 41.0 Å². The van der Waals surface area contributed by atoms with Crippen molar-refractivity contribution in [3.8, 4) is 0 Å². The minimum absolute atomic E-state index is 0.0552. The van der Waals surface area contributed by atoms with Gasteiger partial charge in [0, 0.05) is 56.7 Å². The van der Waals surface area contributed by atoms with Crippen LogP contribution in [0.15, 0.2) is 45.8 Å². The molecule has 0 unspecified atom stereocenters. The predicted octanol–water partition coefficient (Wildman–Crippen LogP) is 3.64. The molecular formula is C27H32BrFN4O4S. The largest absolute Gasteiger partial charge is 0.366 e. The standard InChI is InChI=1S/C27H32BrFN4O4S/c1-2-25(34)33-11-9-19-16-21(28)17-24(26(19)33)38(36,37)32-10-5-6-20(18-32)27(35)31-14-12-30(13-15-31)23-8-4-3-7-22(23)29/h3-4,7-8,16-17,20H,2,5-6,9-15,18H2,1H3/t20-/m0/s1. The van der Waals surface area contributed by atoms with Crippen molar-refractivity contribution in [2.45, 2.75) is 37.5 Å². The Kier molecular flexibility index (Phi) is 7.79. The molecular weight excluding hydrogens is 575 g/mol. The van der Waals surface area contributed by atoms with Gasteiger partial charge < -0.3 is 14.7 Å². The minimum atomic E-state index is -3.94. The molecule has 2 aromatic carbocycles. The summed E-state index contributed by atoms with van der Waals surface area (Å²) < 4.78 is 44.1. The zero-order chi connectivity index (χ0) is 27.0. The molecule has 38 heavy (non-hydrogen) atoms. The van der Waals surface area contributed by atoms with Crippen molar-refractivity contribution in [3.63, 3.8) is 0 Å². The lowest BCUT2D eigenvalue weighted by atomic mass is 9.97. The number of rotatable bonds is 5. The van der Waals surface area contributed by atoms with Gasteiger partial charge in [-0.2, -0.15) is 4.31 Å². The van der Waals surface area contributed by atoms with E-state index in [-0.39, 0.29) is 29.1 Å². The number of nitrogens with zero attached hydrogens (tertiary/aromatic N) is 4. The quantitative estimate of drug-likeness (QED) is 0.519. The van der Waals surface area contributed by atoms with E-state index in [1.807, 2.05) is 11.0 Å². The highest BCUT2D eigenvalue weighted by Gasteiger charge is 2.39. The zero-order valence-electron chi connectivity index (χ0n) is 21.4. The summed E-state index contributed by atoms with van der Waals surface area (Å²) in [6.45, 7) is 4.63. The van der Waals surface area contributed by atoms with E-state index in [2.05, 4.69) is 15.9 Å². The van der Waals surface area contributed by atoms with Crippen molar-refractivity contribution < 1.29 is 22.4 Å². The number of halogens is 2. The van der Waals surface area contributed by atoms with E-state index in [9.17, 15) is 22.4 Å². The molecule has 3 aliphatic rings. The molecule has 3 aliphatic heterocycles. The molecule has 5 rings (SSSR count). The summed E-state index contributed by atoms with van der Waals surface area (Å²) in [6, 6.07) is 10.1.